The molecule has 3 heterocycles. The Bertz CT molecular complexity index is 1260. The van der Waals surface area contributed by atoms with Gasteiger partial charge in [0.25, 0.3) is 5.91 Å². The minimum Gasteiger partial charge on any atom is -0.495 e. The molecule has 0 radical (unpaired) electrons. The molecule has 5 rings (SSSR count). The molecule has 2 saturated heterocycles. The molecule has 1 aromatic heterocycles. The van der Waals surface area contributed by atoms with Crippen LogP contribution in [0.25, 0.3) is 10.9 Å². The molecule has 3 N–H and O–H groups in total. The SMILES string of the molecule is COc1ccc2[nH]c(C(=O)N3CC4(CCCCC4)CC3C(=O)N[C@H](C#N)CC3CCNC3=O)cc2c1Cl. The third kappa shape index (κ3) is 4.87. The minimum atomic E-state index is -0.791. The molecule has 3 amide bonds. The van der Waals surface area contributed by atoms with Gasteiger partial charge in [0, 0.05) is 29.9 Å². The molecule has 2 aromatic rings. The number of aromatic amines is 1. The van der Waals surface area contributed by atoms with Crippen LogP contribution in [0.4, 0.5) is 0 Å². The zero-order valence-electron chi connectivity index (χ0n) is 20.9. The lowest BCUT2D eigenvalue weighted by Crippen LogP contribution is -2.49. The lowest BCUT2D eigenvalue weighted by atomic mass is 9.72. The fraction of sp³-hybridized carbons (Fsp3) is 0.556. The van der Waals surface area contributed by atoms with Crippen molar-refractivity contribution < 1.29 is 19.1 Å². The van der Waals surface area contributed by atoms with Crippen molar-refractivity contribution in [1.29, 1.82) is 5.26 Å². The number of nitrogens with zero attached hydrogens (tertiary/aromatic N) is 2. The van der Waals surface area contributed by atoms with Crippen LogP contribution in [-0.4, -0.2) is 59.9 Å². The van der Waals surface area contributed by atoms with Crippen LogP contribution >= 0.6 is 11.6 Å². The highest BCUT2D eigenvalue weighted by Crippen LogP contribution is 2.47. The van der Waals surface area contributed by atoms with E-state index in [9.17, 15) is 19.6 Å². The molecule has 0 bridgehead atoms. The number of ether oxygens (including phenoxy) is 1. The number of halogens is 1. The Morgan fingerprint density at radius 2 is 2.11 bits per heavy atom. The molecule has 9 nitrogen and oxygen atoms in total. The Hall–Kier alpha value is -3.25. The second kappa shape index (κ2) is 10.3. The number of carbonyl (C=O) groups excluding carboxylic acids is 3. The topological polar surface area (TPSA) is 127 Å². The van der Waals surface area contributed by atoms with Crippen LogP contribution in [0.3, 0.4) is 0 Å². The van der Waals surface area contributed by atoms with Gasteiger partial charge >= 0.3 is 0 Å². The number of hydrogen-bond donors (Lipinski definition) is 3. The van der Waals surface area contributed by atoms with Crippen LogP contribution in [0.1, 0.15) is 61.9 Å². The Morgan fingerprint density at radius 3 is 2.78 bits per heavy atom. The normalized spacial score (nSPS) is 23.6. The van der Waals surface area contributed by atoms with E-state index in [-0.39, 0.29) is 35.5 Å². The van der Waals surface area contributed by atoms with Gasteiger partial charge in [-0.1, -0.05) is 30.9 Å². The number of likely N-dealkylation sites (tertiary alicyclic amines) is 1. The number of carbonyl (C=O) groups is 3. The predicted molar refractivity (Wildman–Crippen MR) is 138 cm³/mol. The van der Waals surface area contributed by atoms with Crippen molar-refractivity contribution in [2.24, 2.45) is 11.3 Å². The van der Waals surface area contributed by atoms with E-state index in [1.807, 2.05) is 6.07 Å². The van der Waals surface area contributed by atoms with Crippen molar-refractivity contribution in [2.45, 2.75) is 63.5 Å². The fourth-order valence-electron chi connectivity index (χ4n) is 6.31. The number of fused-ring (bicyclic) bond motifs is 1. The van der Waals surface area contributed by atoms with Crippen molar-refractivity contribution >= 4 is 40.2 Å². The molecule has 3 fully saturated rings. The maximum absolute atomic E-state index is 13.8. The van der Waals surface area contributed by atoms with E-state index in [1.54, 1.807) is 17.0 Å². The summed E-state index contributed by atoms with van der Waals surface area (Å²) in [4.78, 5) is 44.2. The Kier molecular flexibility index (Phi) is 7.04. The van der Waals surface area contributed by atoms with Crippen molar-refractivity contribution in [3.05, 3.63) is 28.9 Å². The molecule has 2 unspecified atom stereocenters. The van der Waals surface area contributed by atoms with Gasteiger partial charge < -0.3 is 25.3 Å². The summed E-state index contributed by atoms with van der Waals surface area (Å²) in [5.41, 5.74) is 0.965. The highest BCUT2D eigenvalue weighted by Gasteiger charge is 2.49. The minimum absolute atomic E-state index is 0.0811. The predicted octanol–water partition coefficient (Wildman–Crippen LogP) is 3.53. The van der Waals surface area contributed by atoms with E-state index in [1.165, 1.54) is 7.11 Å². The Labute approximate surface area is 220 Å². The van der Waals surface area contributed by atoms with Gasteiger partial charge in [-0.25, -0.2) is 0 Å². The summed E-state index contributed by atoms with van der Waals surface area (Å²) in [6.45, 7) is 1.09. The largest absolute Gasteiger partial charge is 0.495 e. The summed E-state index contributed by atoms with van der Waals surface area (Å²) in [6, 6.07) is 5.92. The summed E-state index contributed by atoms with van der Waals surface area (Å²) in [5.74, 6) is -0.453. The van der Waals surface area contributed by atoms with Gasteiger partial charge in [-0.3, -0.25) is 14.4 Å². The standard InChI is InChI=1S/C27H32ClN5O4/c1-37-22-6-5-19-18(23(22)28)12-20(32-19)26(36)33-15-27(8-3-2-4-9-27)13-21(33)25(35)31-17(14-29)11-16-7-10-30-24(16)34/h5-6,12,16-17,21,32H,2-4,7-11,13,15H2,1H3,(H,30,34)(H,31,35)/t16?,17-,21?/m0/s1. The summed E-state index contributed by atoms with van der Waals surface area (Å²) >= 11 is 6.48. The number of methoxy groups -OCH3 is 1. The van der Waals surface area contributed by atoms with Crippen molar-refractivity contribution in [2.75, 3.05) is 20.2 Å². The number of hydrogen-bond acceptors (Lipinski definition) is 5. The second-order valence-corrected chi connectivity index (χ2v) is 11.0. The van der Waals surface area contributed by atoms with Crippen LogP contribution < -0.4 is 15.4 Å². The van der Waals surface area contributed by atoms with Crippen LogP contribution in [0.5, 0.6) is 5.75 Å². The molecule has 3 aliphatic rings. The number of amides is 3. The average Bonchev–Trinajstić information content (AvgIpc) is 3.62. The molecule has 196 valence electrons. The fourth-order valence-corrected chi connectivity index (χ4v) is 6.61. The number of nitrogens with one attached hydrogen (secondary N) is 3. The van der Waals surface area contributed by atoms with Gasteiger partial charge in [0.15, 0.2) is 0 Å². The van der Waals surface area contributed by atoms with Gasteiger partial charge in [-0.2, -0.15) is 5.26 Å². The summed E-state index contributed by atoms with van der Waals surface area (Å²) in [7, 11) is 1.54. The molecule has 1 spiro atoms. The van der Waals surface area contributed by atoms with Crippen molar-refractivity contribution in [3.8, 4) is 11.8 Å². The lowest BCUT2D eigenvalue weighted by molar-refractivity contribution is -0.126. The van der Waals surface area contributed by atoms with Crippen molar-refractivity contribution in [3.63, 3.8) is 0 Å². The highest BCUT2D eigenvalue weighted by atomic mass is 35.5. The first-order chi connectivity index (χ1) is 17.8. The maximum atomic E-state index is 13.8. The summed E-state index contributed by atoms with van der Waals surface area (Å²) in [6.07, 6.45) is 6.75. The number of nitriles is 1. The van der Waals surface area contributed by atoms with Crippen LogP contribution in [0.2, 0.25) is 5.02 Å². The number of rotatable bonds is 6. The number of benzene rings is 1. The van der Waals surface area contributed by atoms with Gasteiger partial charge in [0.2, 0.25) is 11.8 Å². The number of H-pyrrole nitrogens is 1. The van der Waals surface area contributed by atoms with Gasteiger partial charge in [0.1, 0.15) is 23.5 Å². The third-order valence-electron chi connectivity index (χ3n) is 8.29. The molecule has 2 aliphatic heterocycles. The average molecular weight is 526 g/mol. The van der Waals surface area contributed by atoms with Crippen LogP contribution in [-0.2, 0) is 9.59 Å². The van der Waals surface area contributed by atoms with Gasteiger partial charge in [-0.15, -0.1) is 0 Å². The Balaban J connectivity index is 1.39. The molecule has 1 aliphatic carbocycles. The summed E-state index contributed by atoms with van der Waals surface area (Å²) in [5, 5.41) is 16.4. The van der Waals surface area contributed by atoms with Crippen molar-refractivity contribution in [1.82, 2.24) is 20.5 Å². The van der Waals surface area contributed by atoms with E-state index >= 15 is 0 Å². The lowest BCUT2D eigenvalue weighted by Gasteiger charge is -2.32. The number of aromatic nitrogens is 1. The molecule has 1 saturated carbocycles. The van der Waals surface area contributed by atoms with E-state index in [0.717, 1.165) is 32.1 Å². The monoisotopic (exact) mass is 525 g/mol. The molecule has 10 heteroatoms. The first-order valence-electron chi connectivity index (χ1n) is 13.0. The molecule has 1 aromatic carbocycles. The molecular formula is C27H32ClN5O4. The molecule has 37 heavy (non-hydrogen) atoms. The van der Waals surface area contributed by atoms with Crippen LogP contribution in [0, 0.1) is 22.7 Å². The molecule has 3 atom stereocenters. The molecular weight excluding hydrogens is 494 g/mol. The Morgan fingerprint density at radius 1 is 1.32 bits per heavy atom. The smallest absolute Gasteiger partial charge is 0.271 e. The second-order valence-electron chi connectivity index (χ2n) is 10.6. The maximum Gasteiger partial charge on any atom is 0.271 e. The zero-order chi connectivity index (χ0) is 26.2. The van der Waals surface area contributed by atoms with E-state index in [2.05, 4.69) is 21.7 Å². The first kappa shape index (κ1) is 25.4. The third-order valence-corrected chi connectivity index (χ3v) is 8.68. The van der Waals surface area contributed by atoms with E-state index in [4.69, 9.17) is 16.3 Å². The van der Waals surface area contributed by atoms with E-state index < -0.39 is 12.1 Å². The first-order valence-corrected chi connectivity index (χ1v) is 13.4. The quantitative estimate of drug-likeness (QED) is 0.531. The zero-order valence-corrected chi connectivity index (χ0v) is 21.7. The summed E-state index contributed by atoms with van der Waals surface area (Å²) < 4.78 is 5.30. The van der Waals surface area contributed by atoms with Crippen LogP contribution in [0.15, 0.2) is 18.2 Å². The van der Waals surface area contributed by atoms with E-state index in [0.29, 0.717) is 53.3 Å². The van der Waals surface area contributed by atoms with Gasteiger partial charge in [0.05, 0.1) is 18.2 Å². The van der Waals surface area contributed by atoms with Gasteiger partial charge in [-0.05, 0) is 55.7 Å². The highest BCUT2D eigenvalue weighted by molar-refractivity contribution is 6.37.